The van der Waals surface area contributed by atoms with Crippen LogP contribution in [0.2, 0.25) is 0 Å². The van der Waals surface area contributed by atoms with Crippen LogP contribution < -0.4 is 5.32 Å². The predicted octanol–water partition coefficient (Wildman–Crippen LogP) is 3.48. The summed E-state index contributed by atoms with van der Waals surface area (Å²) in [7, 11) is 0. The van der Waals surface area contributed by atoms with E-state index in [1.54, 1.807) is 13.8 Å². The molecule has 2 N–H and O–H groups in total. The fourth-order valence-corrected chi connectivity index (χ4v) is 2.02. The Kier molecular flexibility index (Phi) is 5.64. The van der Waals surface area contributed by atoms with Gasteiger partial charge in [0, 0.05) is 12.5 Å². The van der Waals surface area contributed by atoms with E-state index in [-0.39, 0.29) is 35.9 Å². The molecule has 4 nitrogen and oxygen atoms in total. The summed E-state index contributed by atoms with van der Waals surface area (Å²) in [5.74, 6) is 0.191. The molecule has 0 bridgehead atoms. The van der Waals surface area contributed by atoms with Gasteiger partial charge in [0.1, 0.15) is 11.1 Å². The van der Waals surface area contributed by atoms with Crippen molar-refractivity contribution in [3.05, 3.63) is 29.2 Å². The zero-order chi connectivity index (χ0) is 17.0. The van der Waals surface area contributed by atoms with Crippen LogP contribution in [-0.4, -0.2) is 29.8 Å². The molecule has 128 valence electrons. The molecule has 1 saturated heterocycles. The van der Waals surface area contributed by atoms with Crippen molar-refractivity contribution in [3.63, 3.8) is 0 Å². The molecule has 1 aliphatic rings. The van der Waals surface area contributed by atoms with Gasteiger partial charge >= 0.3 is 6.18 Å². The quantitative estimate of drug-likeness (QED) is 0.904. The molecule has 0 atom stereocenters. The Morgan fingerprint density at radius 2 is 1.91 bits per heavy atom. The molecule has 2 heterocycles. The molecule has 0 amide bonds. The SMILES string of the molecule is C1CNC1.CC(C)c1nc2cc(CCO)cc(C(F)(F)F)c2o1. The molecule has 23 heavy (non-hydrogen) atoms. The number of hydrogen-bond donors (Lipinski definition) is 2. The molecule has 2 aromatic rings. The minimum atomic E-state index is -4.50. The average Bonchev–Trinajstić information content (AvgIpc) is 2.78. The molecular formula is C16H21F3N2O2. The Balaban J connectivity index is 0.000000417. The Morgan fingerprint density at radius 1 is 1.30 bits per heavy atom. The smallest absolute Gasteiger partial charge is 0.420 e. The lowest BCUT2D eigenvalue weighted by Gasteiger charge is -2.09. The van der Waals surface area contributed by atoms with Gasteiger partial charge in [0.15, 0.2) is 11.5 Å². The number of halogens is 3. The molecule has 3 rings (SSSR count). The van der Waals surface area contributed by atoms with E-state index in [4.69, 9.17) is 9.52 Å². The van der Waals surface area contributed by atoms with Crippen LogP contribution in [0.25, 0.3) is 11.1 Å². The lowest BCUT2D eigenvalue weighted by molar-refractivity contribution is -0.136. The second-order valence-corrected chi connectivity index (χ2v) is 5.77. The van der Waals surface area contributed by atoms with Gasteiger partial charge in [-0.3, -0.25) is 0 Å². The van der Waals surface area contributed by atoms with Gasteiger partial charge in [0.2, 0.25) is 0 Å². The predicted molar refractivity (Wildman–Crippen MR) is 81.4 cm³/mol. The van der Waals surface area contributed by atoms with Crippen molar-refractivity contribution in [2.24, 2.45) is 0 Å². The maximum Gasteiger partial charge on any atom is 0.420 e. The molecule has 0 radical (unpaired) electrons. The number of oxazole rings is 1. The monoisotopic (exact) mass is 330 g/mol. The van der Waals surface area contributed by atoms with Crippen LogP contribution in [0.4, 0.5) is 13.2 Å². The molecule has 1 aromatic carbocycles. The molecule has 0 unspecified atom stereocenters. The Labute approximate surface area is 132 Å². The molecule has 0 saturated carbocycles. The number of aromatic nitrogens is 1. The maximum absolute atomic E-state index is 13.0. The molecule has 1 aliphatic heterocycles. The number of fused-ring (bicyclic) bond motifs is 1. The minimum absolute atomic E-state index is 0.0882. The van der Waals surface area contributed by atoms with Crippen molar-refractivity contribution in [3.8, 4) is 0 Å². The van der Waals surface area contributed by atoms with Gasteiger partial charge in [0.05, 0.1) is 0 Å². The number of nitrogens with one attached hydrogen (secondary N) is 1. The third-order valence-electron chi connectivity index (χ3n) is 3.47. The number of rotatable bonds is 3. The van der Waals surface area contributed by atoms with Crippen molar-refractivity contribution in [2.45, 2.75) is 38.8 Å². The first-order chi connectivity index (χ1) is 10.8. The van der Waals surface area contributed by atoms with Crippen molar-refractivity contribution in [1.29, 1.82) is 0 Å². The Hall–Kier alpha value is -1.60. The highest BCUT2D eigenvalue weighted by atomic mass is 19.4. The summed E-state index contributed by atoms with van der Waals surface area (Å²) in [5, 5.41) is 12.0. The van der Waals surface area contributed by atoms with Crippen molar-refractivity contribution < 1.29 is 22.7 Å². The fourth-order valence-electron chi connectivity index (χ4n) is 2.02. The second-order valence-electron chi connectivity index (χ2n) is 5.77. The number of aliphatic hydroxyl groups is 1. The standard InChI is InChI=1S/C13H14F3NO2.C3H7N/c1-7(2)12-17-10-6-8(3-4-18)5-9(11(10)19-12)13(14,15)16;1-2-4-3-1/h5-7,18H,3-4H2,1-2H3;4H,1-3H2. The molecule has 0 spiro atoms. The first-order valence-corrected chi connectivity index (χ1v) is 7.65. The van der Waals surface area contributed by atoms with Gasteiger partial charge in [-0.2, -0.15) is 13.2 Å². The zero-order valence-corrected chi connectivity index (χ0v) is 13.2. The van der Waals surface area contributed by atoms with E-state index in [0.29, 0.717) is 5.56 Å². The fraction of sp³-hybridized carbons (Fsp3) is 0.562. The normalized spacial score (nSPS) is 14.6. The van der Waals surface area contributed by atoms with Crippen LogP contribution in [0, 0.1) is 0 Å². The van der Waals surface area contributed by atoms with E-state index >= 15 is 0 Å². The highest BCUT2D eigenvalue weighted by Gasteiger charge is 2.35. The van der Waals surface area contributed by atoms with Gasteiger partial charge < -0.3 is 14.8 Å². The van der Waals surface area contributed by atoms with Crippen LogP contribution >= 0.6 is 0 Å². The van der Waals surface area contributed by atoms with E-state index < -0.39 is 11.7 Å². The number of aliphatic hydroxyl groups excluding tert-OH is 1. The van der Waals surface area contributed by atoms with Crippen LogP contribution in [0.15, 0.2) is 16.5 Å². The number of benzene rings is 1. The minimum Gasteiger partial charge on any atom is -0.440 e. The highest BCUT2D eigenvalue weighted by Crippen LogP contribution is 2.37. The van der Waals surface area contributed by atoms with Crippen LogP contribution in [0.1, 0.15) is 43.2 Å². The van der Waals surface area contributed by atoms with Gasteiger partial charge in [-0.25, -0.2) is 4.98 Å². The topological polar surface area (TPSA) is 58.3 Å². The van der Waals surface area contributed by atoms with Crippen molar-refractivity contribution in [1.82, 2.24) is 10.3 Å². The molecule has 1 fully saturated rings. The maximum atomic E-state index is 13.0. The zero-order valence-electron chi connectivity index (χ0n) is 13.2. The summed E-state index contributed by atoms with van der Waals surface area (Å²) in [6, 6.07) is 2.53. The van der Waals surface area contributed by atoms with Gasteiger partial charge in [-0.05, 0) is 43.6 Å². The summed E-state index contributed by atoms with van der Waals surface area (Å²) in [5.41, 5.74) is -0.501. The highest BCUT2D eigenvalue weighted by molar-refractivity contribution is 5.78. The van der Waals surface area contributed by atoms with Gasteiger partial charge in [-0.1, -0.05) is 13.8 Å². The Bertz CT molecular complexity index is 643. The van der Waals surface area contributed by atoms with E-state index in [9.17, 15) is 13.2 Å². The summed E-state index contributed by atoms with van der Waals surface area (Å²) in [6.45, 7) is 5.89. The second kappa shape index (κ2) is 7.31. The van der Waals surface area contributed by atoms with Crippen LogP contribution in [0.5, 0.6) is 0 Å². The summed E-state index contributed by atoms with van der Waals surface area (Å²) in [6.07, 6.45) is -2.96. The van der Waals surface area contributed by atoms with Crippen LogP contribution in [-0.2, 0) is 12.6 Å². The number of alkyl halides is 3. The molecule has 0 aliphatic carbocycles. The summed E-state index contributed by atoms with van der Waals surface area (Å²) in [4.78, 5) is 4.08. The van der Waals surface area contributed by atoms with E-state index in [1.165, 1.54) is 25.6 Å². The molecular weight excluding hydrogens is 309 g/mol. The van der Waals surface area contributed by atoms with E-state index in [0.717, 1.165) is 6.07 Å². The summed E-state index contributed by atoms with van der Waals surface area (Å²) >= 11 is 0. The first kappa shape index (κ1) is 17.7. The summed E-state index contributed by atoms with van der Waals surface area (Å²) < 4.78 is 44.2. The Morgan fingerprint density at radius 3 is 2.35 bits per heavy atom. The average molecular weight is 330 g/mol. The van der Waals surface area contributed by atoms with Crippen molar-refractivity contribution in [2.75, 3.05) is 19.7 Å². The van der Waals surface area contributed by atoms with E-state index in [2.05, 4.69) is 10.3 Å². The number of nitrogens with zero attached hydrogens (tertiary/aromatic N) is 1. The lowest BCUT2D eigenvalue weighted by Crippen LogP contribution is -2.29. The largest absolute Gasteiger partial charge is 0.440 e. The third kappa shape index (κ3) is 4.45. The van der Waals surface area contributed by atoms with E-state index in [1.807, 2.05) is 0 Å². The van der Waals surface area contributed by atoms with Crippen molar-refractivity contribution >= 4 is 11.1 Å². The lowest BCUT2D eigenvalue weighted by atomic mass is 10.1. The molecule has 7 heteroatoms. The van der Waals surface area contributed by atoms with Gasteiger partial charge in [-0.15, -0.1) is 0 Å². The third-order valence-corrected chi connectivity index (χ3v) is 3.47. The first-order valence-electron chi connectivity index (χ1n) is 7.65. The van der Waals surface area contributed by atoms with Gasteiger partial charge in [0.25, 0.3) is 0 Å². The van der Waals surface area contributed by atoms with Crippen LogP contribution in [0.3, 0.4) is 0 Å². The molecule has 1 aromatic heterocycles. The number of hydrogen-bond acceptors (Lipinski definition) is 4.